The van der Waals surface area contributed by atoms with Crippen LogP contribution in [0.4, 0.5) is 17.1 Å². The summed E-state index contributed by atoms with van der Waals surface area (Å²) >= 11 is 1.59. The standard InChI is InChI=1S/C17H14N2OS/c1-2-4-15(5-3-1)19-16-8-6-14(7-9-16)18-13-20-17-10-11-21-12-17/h1-13,19H. The summed E-state index contributed by atoms with van der Waals surface area (Å²) in [7, 11) is 0. The Labute approximate surface area is 127 Å². The Bertz CT molecular complexity index is 691. The van der Waals surface area contributed by atoms with E-state index in [1.165, 1.54) is 6.40 Å². The fourth-order valence-corrected chi connectivity index (χ4v) is 2.35. The summed E-state index contributed by atoms with van der Waals surface area (Å²) in [5.41, 5.74) is 2.94. The van der Waals surface area contributed by atoms with Crippen LogP contribution in [-0.2, 0) is 0 Å². The molecule has 0 aliphatic rings. The van der Waals surface area contributed by atoms with Crippen molar-refractivity contribution in [1.82, 2.24) is 0 Å². The van der Waals surface area contributed by atoms with Crippen molar-refractivity contribution < 1.29 is 4.74 Å². The summed E-state index contributed by atoms with van der Waals surface area (Å²) in [4.78, 5) is 4.26. The second-order valence-electron chi connectivity index (χ2n) is 4.35. The lowest BCUT2D eigenvalue weighted by molar-refractivity contribution is 0.577. The Hall–Kier alpha value is -2.59. The van der Waals surface area contributed by atoms with E-state index in [0.717, 1.165) is 22.8 Å². The number of benzene rings is 2. The monoisotopic (exact) mass is 294 g/mol. The molecule has 4 heteroatoms. The van der Waals surface area contributed by atoms with Crippen LogP contribution in [0.2, 0.25) is 0 Å². The van der Waals surface area contributed by atoms with E-state index in [4.69, 9.17) is 4.74 Å². The Kier molecular flexibility index (Phi) is 4.29. The Morgan fingerprint density at radius 1 is 0.905 bits per heavy atom. The Morgan fingerprint density at radius 3 is 2.38 bits per heavy atom. The maximum absolute atomic E-state index is 5.38. The maximum atomic E-state index is 5.38. The number of rotatable bonds is 5. The first-order valence-corrected chi connectivity index (χ1v) is 7.48. The molecule has 0 spiro atoms. The molecule has 0 saturated heterocycles. The summed E-state index contributed by atoms with van der Waals surface area (Å²) in [5.74, 6) is 0.811. The number of nitrogens with zero attached hydrogens (tertiary/aromatic N) is 1. The highest BCUT2D eigenvalue weighted by atomic mass is 32.1. The van der Waals surface area contributed by atoms with E-state index in [1.54, 1.807) is 11.3 Å². The lowest BCUT2D eigenvalue weighted by Crippen LogP contribution is -1.89. The van der Waals surface area contributed by atoms with Crippen molar-refractivity contribution in [2.45, 2.75) is 0 Å². The lowest BCUT2D eigenvalue weighted by atomic mass is 10.2. The molecule has 1 aromatic heterocycles. The van der Waals surface area contributed by atoms with Crippen LogP contribution in [-0.4, -0.2) is 6.40 Å². The van der Waals surface area contributed by atoms with E-state index in [9.17, 15) is 0 Å². The molecule has 3 nitrogen and oxygen atoms in total. The van der Waals surface area contributed by atoms with E-state index >= 15 is 0 Å². The molecule has 3 rings (SSSR count). The van der Waals surface area contributed by atoms with Gasteiger partial charge in [0.1, 0.15) is 5.75 Å². The Balaban J connectivity index is 1.60. The second kappa shape index (κ2) is 6.72. The molecule has 2 aromatic carbocycles. The van der Waals surface area contributed by atoms with Gasteiger partial charge >= 0.3 is 0 Å². The normalized spacial score (nSPS) is 10.7. The summed E-state index contributed by atoms with van der Waals surface area (Å²) in [6.07, 6.45) is 1.46. The van der Waals surface area contributed by atoms with E-state index < -0.39 is 0 Å². The van der Waals surface area contributed by atoms with E-state index in [0.29, 0.717) is 0 Å². The van der Waals surface area contributed by atoms with Crippen LogP contribution in [0.25, 0.3) is 0 Å². The third-order valence-electron chi connectivity index (χ3n) is 2.82. The zero-order chi connectivity index (χ0) is 14.3. The molecule has 0 aliphatic carbocycles. The zero-order valence-electron chi connectivity index (χ0n) is 11.3. The fourth-order valence-electron chi connectivity index (χ4n) is 1.79. The van der Waals surface area contributed by atoms with Crippen LogP contribution in [0.1, 0.15) is 0 Å². The molecule has 0 saturated carbocycles. The first-order valence-electron chi connectivity index (χ1n) is 6.54. The number of hydrogen-bond donors (Lipinski definition) is 1. The largest absolute Gasteiger partial charge is 0.445 e. The molecule has 0 fully saturated rings. The van der Waals surface area contributed by atoms with E-state index in [2.05, 4.69) is 10.3 Å². The van der Waals surface area contributed by atoms with Crippen molar-refractivity contribution >= 4 is 34.8 Å². The van der Waals surface area contributed by atoms with Crippen molar-refractivity contribution in [2.75, 3.05) is 5.32 Å². The highest BCUT2D eigenvalue weighted by Crippen LogP contribution is 2.20. The van der Waals surface area contributed by atoms with E-state index in [-0.39, 0.29) is 0 Å². The first-order chi connectivity index (χ1) is 10.4. The van der Waals surface area contributed by atoms with Gasteiger partial charge in [0.05, 0.1) is 5.69 Å². The van der Waals surface area contributed by atoms with Gasteiger partial charge in [0.15, 0.2) is 6.40 Å². The highest BCUT2D eigenvalue weighted by molar-refractivity contribution is 7.08. The number of hydrogen-bond acceptors (Lipinski definition) is 4. The van der Waals surface area contributed by atoms with Crippen LogP contribution in [0.3, 0.4) is 0 Å². The van der Waals surface area contributed by atoms with E-state index in [1.807, 2.05) is 71.4 Å². The second-order valence-corrected chi connectivity index (χ2v) is 5.13. The van der Waals surface area contributed by atoms with Crippen molar-refractivity contribution in [1.29, 1.82) is 0 Å². The van der Waals surface area contributed by atoms with Gasteiger partial charge in [0.25, 0.3) is 0 Å². The summed E-state index contributed by atoms with van der Waals surface area (Å²) in [6.45, 7) is 0. The molecule has 1 heterocycles. The van der Waals surface area contributed by atoms with Crippen molar-refractivity contribution in [3.63, 3.8) is 0 Å². The SMILES string of the molecule is C(=Nc1ccc(Nc2ccccc2)cc1)Oc1ccsc1. The molecule has 0 atom stereocenters. The minimum atomic E-state index is 0.811. The molecule has 1 N–H and O–H groups in total. The topological polar surface area (TPSA) is 33.6 Å². The molecule has 0 radical (unpaired) electrons. The molecule has 21 heavy (non-hydrogen) atoms. The number of ether oxygens (including phenoxy) is 1. The number of anilines is 2. The van der Waals surface area contributed by atoms with Crippen LogP contribution < -0.4 is 10.1 Å². The van der Waals surface area contributed by atoms with Crippen molar-refractivity contribution in [2.24, 2.45) is 4.99 Å². The van der Waals surface area contributed by atoms with Crippen molar-refractivity contribution in [3.05, 3.63) is 71.4 Å². The summed E-state index contributed by atoms with van der Waals surface area (Å²) in [6, 6.07) is 19.8. The third kappa shape index (κ3) is 3.94. The molecule has 0 unspecified atom stereocenters. The third-order valence-corrected chi connectivity index (χ3v) is 3.48. The van der Waals surface area contributed by atoms with Gasteiger partial charge in [-0.2, -0.15) is 0 Å². The van der Waals surface area contributed by atoms with Gasteiger partial charge in [0, 0.05) is 16.8 Å². The number of thiophene rings is 1. The smallest absolute Gasteiger partial charge is 0.181 e. The molecule has 104 valence electrons. The molecule has 0 amide bonds. The van der Waals surface area contributed by atoms with Crippen LogP contribution in [0, 0.1) is 0 Å². The number of nitrogens with one attached hydrogen (secondary N) is 1. The number of para-hydroxylation sites is 1. The van der Waals surface area contributed by atoms with Gasteiger partial charge in [0.2, 0.25) is 0 Å². The predicted octanol–water partition coefficient (Wildman–Crippen LogP) is 5.23. The maximum Gasteiger partial charge on any atom is 0.181 e. The van der Waals surface area contributed by atoms with Gasteiger partial charge in [-0.1, -0.05) is 18.2 Å². The average Bonchev–Trinajstić information content (AvgIpc) is 3.03. The lowest BCUT2D eigenvalue weighted by Gasteiger charge is -2.05. The fraction of sp³-hybridized carbons (Fsp3) is 0. The molecular weight excluding hydrogens is 280 g/mol. The van der Waals surface area contributed by atoms with Crippen LogP contribution in [0.15, 0.2) is 76.4 Å². The van der Waals surface area contributed by atoms with Crippen molar-refractivity contribution in [3.8, 4) is 5.75 Å². The van der Waals surface area contributed by atoms with Gasteiger partial charge < -0.3 is 10.1 Å². The van der Waals surface area contributed by atoms with Crippen LogP contribution in [0.5, 0.6) is 5.75 Å². The highest BCUT2D eigenvalue weighted by Gasteiger charge is 1.94. The molecule has 3 aromatic rings. The quantitative estimate of drug-likeness (QED) is 0.516. The van der Waals surface area contributed by atoms with Gasteiger partial charge in [-0.3, -0.25) is 0 Å². The first kappa shape index (κ1) is 13.4. The van der Waals surface area contributed by atoms with Gasteiger partial charge in [-0.15, -0.1) is 11.3 Å². The average molecular weight is 294 g/mol. The summed E-state index contributed by atoms with van der Waals surface area (Å²) in [5, 5.41) is 7.22. The molecule has 0 aliphatic heterocycles. The van der Waals surface area contributed by atoms with Crippen LogP contribution >= 0.6 is 11.3 Å². The zero-order valence-corrected chi connectivity index (χ0v) is 12.1. The van der Waals surface area contributed by atoms with Gasteiger partial charge in [-0.05, 0) is 47.8 Å². The minimum Gasteiger partial charge on any atom is -0.445 e. The molecular formula is C17H14N2OS. The predicted molar refractivity (Wildman–Crippen MR) is 89.3 cm³/mol. The Morgan fingerprint density at radius 2 is 1.67 bits per heavy atom. The molecule has 0 bridgehead atoms. The minimum absolute atomic E-state index is 0.811. The number of aliphatic imine (C=N–C) groups is 1. The van der Waals surface area contributed by atoms with Gasteiger partial charge in [-0.25, -0.2) is 4.99 Å². The summed E-state index contributed by atoms with van der Waals surface area (Å²) < 4.78 is 5.38.